The lowest BCUT2D eigenvalue weighted by molar-refractivity contribution is 0.0738. The Balaban J connectivity index is 2.51. The molecule has 1 saturated carbocycles. The van der Waals surface area contributed by atoms with Crippen molar-refractivity contribution in [3.63, 3.8) is 0 Å². The van der Waals surface area contributed by atoms with Gasteiger partial charge in [0.25, 0.3) is 5.91 Å². The van der Waals surface area contributed by atoms with Crippen molar-refractivity contribution >= 4 is 15.9 Å². The smallest absolute Gasteiger partial charge is 0.255 e. The molecule has 0 aromatic heterocycles. The molecular formula is C13H16F2N2O3S. The average molecular weight is 318 g/mol. The summed E-state index contributed by atoms with van der Waals surface area (Å²) in [6.07, 6.45) is 2.32. The molecule has 2 N–H and O–H groups in total. The van der Waals surface area contributed by atoms with E-state index in [1.807, 2.05) is 6.92 Å². The molecule has 0 heterocycles. The largest absolute Gasteiger partial charge is 0.336 e. The highest BCUT2D eigenvalue weighted by molar-refractivity contribution is 7.89. The second-order valence-electron chi connectivity index (χ2n) is 5.04. The van der Waals surface area contributed by atoms with Crippen LogP contribution in [0.2, 0.25) is 0 Å². The maximum Gasteiger partial charge on any atom is 0.255 e. The summed E-state index contributed by atoms with van der Waals surface area (Å²) in [5.41, 5.74) is -0.420. The predicted octanol–water partition coefficient (Wildman–Crippen LogP) is 1.63. The van der Waals surface area contributed by atoms with E-state index in [9.17, 15) is 22.0 Å². The first kappa shape index (κ1) is 15.8. The van der Waals surface area contributed by atoms with E-state index < -0.39 is 38.0 Å². The fourth-order valence-corrected chi connectivity index (χ4v) is 2.88. The molecule has 1 fully saturated rings. The van der Waals surface area contributed by atoms with Crippen molar-refractivity contribution in [3.05, 3.63) is 29.3 Å². The molecule has 0 bridgehead atoms. The van der Waals surface area contributed by atoms with Gasteiger partial charge in [-0.2, -0.15) is 0 Å². The lowest BCUT2D eigenvalue weighted by atomic mass is 10.1. The molecule has 0 unspecified atom stereocenters. The van der Waals surface area contributed by atoms with Crippen molar-refractivity contribution in [3.8, 4) is 0 Å². The van der Waals surface area contributed by atoms with Crippen LogP contribution in [0.5, 0.6) is 0 Å². The number of carbonyl (C=O) groups is 1. The Hall–Kier alpha value is -1.54. The van der Waals surface area contributed by atoms with Gasteiger partial charge in [0.15, 0.2) is 11.6 Å². The van der Waals surface area contributed by atoms with Crippen LogP contribution < -0.4 is 5.14 Å². The molecule has 0 radical (unpaired) electrons. The predicted molar refractivity (Wildman–Crippen MR) is 72.1 cm³/mol. The monoisotopic (exact) mass is 318 g/mol. The van der Waals surface area contributed by atoms with Gasteiger partial charge in [-0.1, -0.05) is 6.92 Å². The SMILES string of the molecule is CCCN(C(=O)c1cc(F)c(F)cc1S(N)(=O)=O)C1CC1. The first-order chi connectivity index (χ1) is 9.75. The third-order valence-electron chi connectivity index (χ3n) is 3.27. The molecule has 1 aliphatic carbocycles. The van der Waals surface area contributed by atoms with Crippen LogP contribution in [-0.4, -0.2) is 31.8 Å². The summed E-state index contributed by atoms with van der Waals surface area (Å²) in [5.74, 6) is -3.27. The molecule has 0 atom stereocenters. The maximum absolute atomic E-state index is 13.4. The number of carbonyl (C=O) groups excluding carboxylic acids is 1. The van der Waals surface area contributed by atoms with Crippen LogP contribution in [0.15, 0.2) is 17.0 Å². The number of benzene rings is 1. The molecule has 1 aliphatic rings. The number of rotatable bonds is 5. The Morgan fingerprint density at radius 2 is 1.90 bits per heavy atom. The molecule has 21 heavy (non-hydrogen) atoms. The van der Waals surface area contributed by atoms with E-state index in [4.69, 9.17) is 5.14 Å². The van der Waals surface area contributed by atoms with Crippen molar-refractivity contribution in [2.75, 3.05) is 6.54 Å². The van der Waals surface area contributed by atoms with Gasteiger partial charge in [0.1, 0.15) is 0 Å². The molecular weight excluding hydrogens is 302 g/mol. The molecule has 0 spiro atoms. The number of nitrogens with two attached hydrogens (primary N) is 1. The Bertz CT molecular complexity index is 672. The lowest BCUT2D eigenvalue weighted by Gasteiger charge is -2.22. The highest BCUT2D eigenvalue weighted by atomic mass is 32.2. The quantitative estimate of drug-likeness (QED) is 0.896. The fourth-order valence-electron chi connectivity index (χ4n) is 2.16. The van der Waals surface area contributed by atoms with Crippen molar-refractivity contribution in [2.45, 2.75) is 37.1 Å². The standard InChI is InChI=1S/C13H16F2N2O3S/c1-2-5-17(8-3-4-8)13(18)9-6-10(14)11(15)7-12(9)21(16,19)20/h6-8H,2-5H2,1H3,(H2,16,19,20). The van der Waals surface area contributed by atoms with Gasteiger partial charge in [0.05, 0.1) is 10.5 Å². The third kappa shape index (κ3) is 3.38. The van der Waals surface area contributed by atoms with Crippen LogP contribution in [0.1, 0.15) is 36.5 Å². The topological polar surface area (TPSA) is 80.5 Å². The van der Waals surface area contributed by atoms with Gasteiger partial charge in [-0.05, 0) is 31.4 Å². The maximum atomic E-state index is 13.4. The number of hydrogen-bond donors (Lipinski definition) is 1. The second-order valence-corrected chi connectivity index (χ2v) is 6.57. The van der Waals surface area contributed by atoms with Crippen molar-refractivity contribution in [1.82, 2.24) is 4.90 Å². The van der Waals surface area contributed by atoms with Crippen molar-refractivity contribution in [1.29, 1.82) is 0 Å². The minimum atomic E-state index is -4.33. The molecule has 1 amide bonds. The number of halogens is 2. The van der Waals surface area contributed by atoms with E-state index in [0.717, 1.165) is 12.8 Å². The summed E-state index contributed by atoms with van der Waals surface area (Å²) in [5, 5.41) is 4.99. The zero-order chi connectivity index (χ0) is 15.8. The normalized spacial score (nSPS) is 15.0. The van der Waals surface area contributed by atoms with E-state index in [0.29, 0.717) is 25.1 Å². The van der Waals surface area contributed by atoms with Gasteiger partial charge in [0.2, 0.25) is 10.0 Å². The number of hydrogen-bond acceptors (Lipinski definition) is 3. The molecule has 8 heteroatoms. The number of amides is 1. The zero-order valence-electron chi connectivity index (χ0n) is 11.5. The van der Waals surface area contributed by atoms with Gasteiger partial charge in [-0.25, -0.2) is 22.3 Å². The average Bonchev–Trinajstić information content (AvgIpc) is 3.21. The first-order valence-corrected chi connectivity index (χ1v) is 8.13. The van der Waals surface area contributed by atoms with Gasteiger partial charge in [-0.3, -0.25) is 4.79 Å². The minimum Gasteiger partial charge on any atom is -0.336 e. The number of primary sulfonamides is 1. The van der Waals surface area contributed by atoms with E-state index in [1.165, 1.54) is 4.90 Å². The van der Waals surface area contributed by atoms with Crippen molar-refractivity contribution in [2.24, 2.45) is 5.14 Å². The lowest BCUT2D eigenvalue weighted by Crippen LogP contribution is -2.35. The Labute approximate surface area is 121 Å². The fraction of sp³-hybridized carbons (Fsp3) is 0.462. The van der Waals surface area contributed by atoms with Gasteiger partial charge < -0.3 is 4.90 Å². The molecule has 1 aromatic carbocycles. The van der Waals surface area contributed by atoms with Crippen LogP contribution in [0.4, 0.5) is 8.78 Å². The summed E-state index contributed by atoms with van der Waals surface area (Å²) in [6, 6.07) is 1.08. The number of sulfonamides is 1. The van der Waals surface area contributed by atoms with Crippen LogP contribution in [0, 0.1) is 11.6 Å². The van der Waals surface area contributed by atoms with E-state index in [1.54, 1.807) is 0 Å². The summed E-state index contributed by atoms with van der Waals surface area (Å²) in [4.78, 5) is 13.3. The Kier molecular flexibility index (Phi) is 4.29. The second kappa shape index (κ2) is 5.69. The molecule has 0 aliphatic heterocycles. The molecule has 5 nitrogen and oxygen atoms in total. The molecule has 0 saturated heterocycles. The van der Waals surface area contributed by atoms with Gasteiger partial charge >= 0.3 is 0 Å². The molecule has 116 valence electrons. The first-order valence-electron chi connectivity index (χ1n) is 6.58. The van der Waals surface area contributed by atoms with Crippen LogP contribution in [-0.2, 0) is 10.0 Å². The van der Waals surface area contributed by atoms with Crippen LogP contribution >= 0.6 is 0 Å². The van der Waals surface area contributed by atoms with Crippen LogP contribution in [0.3, 0.4) is 0 Å². The van der Waals surface area contributed by atoms with E-state index >= 15 is 0 Å². The highest BCUT2D eigenvalue weighted by Gasteiger charge is 2.35. The minimum absolute atomic E-state index is 0.0268. The summed E-state index contributed by atoms with van der Waals surface area (Å²) >= 11 is 0. The summed E-state index contributed by atoms with van der Waals surface area (Å²) < 4.78 is 49.7. The molecule has 2 rings (SSSR count). The van der Waals surface area contributed by atoms with E-state index in [-0.39, 0.29) is 6.04 Å². The Morgan fingerprint density at radius 1 is 1.33 bits per heavy atom. The van der Waals surface area contributed by atoms with Crippen molar-refractivity contribution < 1.29 is 22.0 Å². The van der Waals surface area contributed by atoms with Gasteiger partial charge in [0, 0.05) is 12.6 Å². The third-order valence-corrected chi connectivity index (χ3v) is 4.22. The number of nitrogens with zero attached hydrogens (tertiary/aromatic N) is 1. The van der Waals surface area contributed by atoms with Crippen LogP contribution in [0.25, 0.3) is 0 Å². The summed E-state index contributed by atoms with van der Waals surface area (Å²) in [7, 11) is -4.33. The summed E-state index contributed by atoms with van der Waals surface area (Å²) in [6.45, 7) is 2.29. The molecule has 1 aromatic rings. The highest BCUT2D eigenvalue weighted by Crippen LogP contribution is 2.30. The zero-order valence-corrected chi connectivity index (χ0v) is 12.3. The van der Waals surface area contributed by atoms with Gasteiger partial charge in [-0.15, -0.1) is 0 Å². The van der Waals surface area contributed by atoms with E-state index in [2.05, 4.69) is 0 Å². The Morgan fingerprint density at radius 3 is 2.38 bits per heavy atom.